The van der Waals surface area contributed by atoms with Crippen molar-refractivity contribution in [1.29, 1.82) is 0 Å². The molecule has 3 nitrogen and oxygen atoms in total. The first-order valence-corrected chi connectivity index (χ1v) is 21.5. The summed E-state index contributed by atoms with van der Waals surface area (Å²) in [6, 6.07) is 32.1. The molecular formula is C55H62N2O. The molecule has 298 valence electrons. The zero-order valence-electron chi connectivity index (χ0n) is 37.3. The Balaban J connectivity index is 1.45. The van der Waals surface area contributed by atoms with E-state index in [1.54, 1.807) is 0 Å². The lowest BCUT2D eigenvalue weighted by Crippen LogP contribution is -2.49. The molecule has 0 bridgehead atoms. The topological polar surface area (TPSA) is 35.0 Å². The first-order valence-electron chi connectivity index (χ1n) is 21.5. The molecular weight excluding hydrogens is 705 g/mol. The van der Waals surface area contributed by atoms with Crippen molar-refractivity contribution >= 4 is 0 Å². The van der Waals surface area contributed by atoms with E-state index >= 15 is 0 Å². The van der Waals surface area contributed by atoms with Crippen LogP contribution in [0.3, 0.4) is 0 Å². The van der Waals surface area contributed by atoms with E-state index < -0.39 is 5.41 Å². The van der Waals surface area contributed by atoms with Gasteiger partial charge in [-0.05, 0) is 97.2 Å². The molecule has 2 atom stereocenters. The zero-order valence-corrected chi connectivity index (χ0v) is 37.3. The highest BCUT2D eigenvalue weighted by Crippen LogP contribution is 2.61. The quantitative estimate of drug-likeness (QED) is 0.176. The zero-order chi connectivity index (χ0) is 41.6. The van der Waals surface area contributed by atoms with Gasteiger partial charge in [0, 0.05) is 28.0 Å². The highest BCUT2D eigenvalue weighted by molar-refractivity contribution is 5.76. The minimum Gasteiger partial charge on any atom is -0.457 e. The van der Waals surface area contributed by atoms with Gasteiger partial charge in [0.1, 0.15) is 16.9 Å². The summed E-state index contributed by atoms with van der Waals surface area (Å²) in [6.45, 7) is 33.1. The Morgan fingerprint density at radius 1 is 0.517 bits per heavy atom. The smallest absolute Gasteiger partial charge is 0.132 e. The molecule has 2 aromatic heterocycles. The molecule has 0 saturated heterocycles. The van der Waals surface area contributed by atoms with Gasteiger partial charge in [-0.1, -0.05) is 170 Å². The van der Waals surface area contributed by atoms with E-state index in [9.17, 15) is 0 Å². The van der Waals surface area contributed by atoms with Crippen molar-refractivity contribution in [3.05, 3.63) is 165 Å². The lowest BCUT2D eigenvalue weighted by atomic mass is 9.50. The van der Waals surface area contributed by atoms with E-state index in [0.29, 0.717) is 5.92 Å². The Morgan fingerprint density at radius 2 is 1.05 bits per heavy atom. The molecule has 1 aliphatic heterocycles. The Kier molecular flexibility index (Phi) is 8.12. The van der Waals surface area contributed by atoms with Gasteiger partial charge in [-0.15, -0.1) is 0 Å². The van der Waals surface area contributed by atoms with Crippen LogP contribution in [-0.4, -0.2) is 9.97 Å². The van der Waals surface area contributed by atoms with Crippen molar-refractivity contribution in [3.8, 4) is 22.8 Å². The number of hydrogen-bond acceptors (Lipinski definition) is 3. The maximum Gasteiger partial charge on any atom is 0.132 e. The van der Waals surface area contributed by atoms with E-state index in [1.165, 1.54) is 39.1 Å². The number of nitrogens with zero attached hydrogens (tertiary/aromatic N) is 2. The van der Waals surface area contributed by atoms with Crippen LogP contribution in [0.1, 0.15) is 159 Å². The lowest BCUT2D eigenvalue weighted by molar-refractivity contribution is 0.101. The summed E-state index contributed by atoms with van der Waals surface area (Å²) in [5.41, 5.74) is 12.6. The number of aromatic nitrogens is 2. The summed E-state index contributed by atoms with van der Waals surface area (Å²) in [5, 5.41) is 0. The Labute approximate surface area is 348 Å². The highest BCUT2D eigenvalue weighted by Gasteiger charge is 2.55. The normalized spacial score (nSPS) is 22.3. The van der Waals surface area contributed by atoms with Crippen LogP contribution >= 0.6 is 0 Å². The van der Waals surface area contributed by atoms with E-state index in [1.807, 2.05) is 0 Å². The third kappa shape index (κ3) is 5.10. The summed E-state index contributed by atoms with van der Waals surface area (Å²) in [5.74, 6) is 2.18. The molecule has 0 saturated carbocycles. The van der Waals surface area contributed by atoms with Crippen molar-refractivity contribution in [2.75, 3.05) is 0 Å². The number of rotatable bonds is 2. The van der Waals surface area contributed by atoms with E-state index in [4.69, 9.17) is 14.7 Å². The molecule has 0 N–H and O–H groups in total. The molecule has 3 heteroatoms. The standard InChI is InChI=1S/C55H62N2O/c1-49(2,3)33-23-27-43-41(31-33)55(42-32-34(50(4,5)6)24-28-44(42)58-43,45-29-25-39-47(56-45)35-19-15-17-21-37(35)51(7,8)53(39,11)12)46-30-26-40-48(57-46)36-20-16-18-22-38(36)52(9,10)54(40,13)14/h15-32,35,37H,1-14H3. The number of ether oxygens (including phenoxy) is 1. The van der Waals surface area contributed by atoms with Crippen LogP contribution in [0.2, 0.25) is 0 Å². The van der Waals surface area contributed by atoms with Gasteiger partial charge < -0.3 is 4.74 Å². The maximum absolute atomic E-state index is 7.02. The molecule has 4 aliphatic rings. The number of allylic oxidation sites excluding steroid dienone is 4. The average molecular weight is 767 g/mol. The van der Waals surface area contributed by atoms with Gasteiger partial charge in [-0.2, -0.15) is 0 Å². The van der Waals surface area contributed by atoms with Crippen molar-refractivity contribution in [2.24, 2.45) is 11.3 Å². The van der Waals surface area contributed by atoms with Crippen LogP contribution in [-0.2, 0) is 32.5 Å². The molecule has 3 aromatic carbocycles. The molecule has 3 heterocycles. The fourth-order valence-electron chi connectivity index (χ4n) is 10.8. The second kappa shape index (κ2) is 12.2. The third-order valence-electron chi connectivity index (χ3n) is 16.0. The number of pyridine rings is 2. The van der Waals surface area contributed by atoms with E-state index in [0.717, 1.165) is 39.7 Å². The third-order valence-corrected chi connectivity index (χ3v) is 16.0. The number of hydrogen-bond donors (Lipinski definition) is 0. The molecule has 5 aromatic rings. The molecule has 0 fully saturated rings. The van der Waals surface area contributed by atoms with Gasteiger partial charge in [0.25, 0.3) is 0 Å². The largest absolute Gasteiger partial charge is 0.457 e. The summed E-state index contributed by atoms with van der Waals surface area (Å²) in [6.07, 6.45) is 9.28. The van der Waals surface area contributed by atoms with Crippen molar-refractivity contribution in [1.82, 2.24) is 9.97 Å². The van der Waals surface area contributed by atoms with Gasteiger partial charge in [0.05, 0.1) is 22.8 Å². The summed E-state index contributed by atoms with van der Waals surface area (Å²) >= 11 is 0. The fraction of sp³-hybridized carbons (Fsp3) is 0.418. The second-order valence-electron chi connectivity index (χ2n) is 22.0. The number of fused-ring (bicyclic) bond motifs is 8. The molecule has 0 amide bonds. The van der Waals surface area contributed by atoms with Gasteiger partial charge in [-0.25, -0.2) is 0 Å². The van der Waals surface area contributed by atoms with E-state index in [2.05, 4.69) is 206 Å². The van der Waals surface area contributed by atoms with Crippen LogP contribution in [0.4, 0.5) is 0 Å². The van der Waals surface area contributed by atoms with Gasteiger partial charge >= 0.3 is 0 Å². The van der Waals surface area contributed by atoms with Gasteiger partial charge in [0.2, 0.25) is 0 Å². The number of benzene rings is 3. The molecule has 3 aliphatic carbocycles. The molecule has 58 heavy (non-hydrogen) atoms. The molecule has 9 rings (SSSR count). The lowest BCUT2D eigenvalue weighted by Gasteiger charge is -2.54. The Hall–Kier alpha value is -4.76. The predicted octanol–water partition coefficient (Wildman–Crippen LogP) is 13.9. The average Bonchev–Trinajstić information content (AvgIpc) is 3.17. The van der Waals surface area contributed by atoms with Gasteiger partial charge in [0.15, 0.2) is 0 Å². The first-order chi connectivity index (χ1) is 27.0. The van der Waals surface area contributed by atoms with Crippen LogP contribution in [0.25, 0.3) is 11.3 Å². The molecule has 2 unspecified atom stereocenters. The van der Waals surface area contributed by atoms with Crippen LogP contribution in [0, 0.1) is 11.3 Å². The first kappa shape index (κ1) is 38.7. The summed E-state index contributed by atoms with van der Waals surface area (Å²) < 4.78 is 7.02. The monoisotopic (exact) mass is 766 g/mol. The van der Waals surface area contributed by atoms with Crippen molar-refractivity contribution in [3.63, 3.8) is 0 Å². The van der Waals surface area contributed by atoms with Gasteiger partial charge in [-0.3, -0.25) is 9.97 Å². The molecule has 0 radical (unpaired) electrons. The summed E-state index contributed by atoms with van der Waals surface area (Å²) in [4.78, 5) is 12.0. The highest BCUT2D eigenvalue weighted by atomic mass is 16.5. The van der Waals surface area contributed by atoms with Crippen molar-refractivity contribution < 1.29 is 4.74 Å². The van der Waals surface area contributed by atoms with Crippen LogP contribution in [0.5, 0.6) is 11.5 Å². The minimum atomic E-state index is -0.900. The molecule has 0 spiro atoms. The van der Waals surface area contributed by atoms with Crippen molar-refractivity contribution in [2.45, 2.75) is 135 Å². The maximum atomic E-state index is 7.02. The summed E-state index contributed by atoms with van der Waals surface area (Å²) in [7, 11) is 0. The fourth-order valence-corrected chi connectivity index (χ4v) is 10.8. The van der Waals surface area contributed by atoms with E-state index in [-0.39, 0.29) is 38.4 Å². The Bertz CT molecular complexity index is 2520. The van der Waals surface area contributed by atoms with Crippen LogP contribution in [0.15, 0.2) is 109 Å². The predicted molar refractivity (Wildman–Crippen MR) is 241 cm³/mol. The minimum absolute atomic E-state index is 0.0158. The second-order valence-corrected chi connectivity index (χ2v) is 22.0. The van der Waals surface area contributed by atoms with Crippen LogP contribution < -0.4 is 4.74 Å². The SMILES string of the molecule is CC(C)(C)c1ccc2c(c1)C(c1ccc3c(n1)-c1ccccc1C(C)(C)C3(C)C)(c1ccc3c(n1)C1C=CC=CC1C(C)(C)C3(C)C)c1cc(C(C)(C)C)ccc1O2. The Morgan fingerprint density at radius 3 is 1.66 bits per heavy atom.